The second-order valence-corrected chi connectivity index (χ2v) is 8.25. The van der Waals surface area contributed by atoms with Gasteiger partial charge in [-0.3, -0.25) is 0 Å². The van der Waals surface area contributed by atoms with Gasteiger partial charge in [0.1, 0.15) is 6.61 Å². The molecule has 0 atom stereocenters. The molecule has 0 bridgehead atoms. The van der Waals surface area contributed by atoms with Gasteiger partial charge < -0.3 is 19.1 Å². The lowest BCUT2D eigenvalue weighted by Gasteiger charge is -2.31. The van der Waals surface area contributed by atoms with Crippen molar-refractivity contribution in [3.05, 3.63) is 50.6 Å². The van der Waals surface area contributed by atoms with Gasteiger partial charge in [0.2, 0.25) is 0 Å². The van der Waals surface area contributed by atoms with Gasteiger partial charge in [0.15, 0.2) is 10.6 Å². The number of carbonyl (C=O) groups is 2. The summed E-state index contributed by atoms with van der Waals surface area (Å²) in [6.07, 6.45) is 1.38. The standard InChI is InChI=1S/C20H22BrNO5S/c1-25-19(23)18-17(16(21)13-28-18)26-11-15-7-9-22(10-8-15)20(24)27-12-14-5-3-2-4-6-14/h2-6,13,15H,7-12H2,1H3. The number of rotatable bonds is 6. The molecular formula is C20H22BrNO5S. The van der Waals surface area contributed by atoms with Gasteiger partial charge in [0, 0.05) is 18.5 Å². The number of benzene rings is 1. The number of amides is 1. The summed E-state index contributed by atoms with van der Waals surface area (Å²) in [6, 6.07) is 9.64. The lowest BCUT2D eigenvalue weighted by Crippen LogP contribution is -2.40. The molecule has 1 aromatic heterocycles. The maximum Gasteiger partial charge on any atom is 0.410 e. The molecule has 1 saturated heterocycles. The molecule has 0 aliphatic carbocycles. The van der Waals surface area contributed by atoms with Crippen LogP contribution in [-0.4, -0.2) is 43.8 Å². The van der Waals surface area contributed by atoms with Crippen LogP contribution in [0.4, 0.5) is 4.79 Å². The summed E-state index contributed by atoms with van der Waals surface area (Å²) >= 11 is 4.70. The average Bonchev–Trinajstić information content (AvgIpc) is 3.11. The first-order valence-corrected chi connectivity index (χ1v) is 10.7. The van der Waals surface area contributed by atoms with Gasteiger partial charge in [-0.15, -0.1) is 11.3 Å². The molecule has 1 aromatic carbocycles. The van der Waals surface area contributed by atoms with Gasteiger partial charge >= 0.3 is 12.1 Å². The van der Waals surface area contributed by atoms with E-state index in [9.17, 15) is 9.59 Å². The van der Waals surface area contributed by atoms with Crippen molar-refractivity contribution < 1.29 is 23.8 Å². The highest BCUT2D eigenvalue weighted by atomic mass is 79.9. The topological polar surface area (TPSA) is 65.1 Å². The number of esters is 1. The van der Waals surface area contributed by atoms with Crippen LogP contribution in [0, 0.1) is 5.92 Å². The van der Waals surface area contributed by atoms with E-state index in [1.54, 1.807) is 4.90 Å². The van der Waals surface area contributed by atoms with Crippen molar-refractivity contribution in [2.75, 3.05) is 26.8 Å². The third-order valence-electron chi connectivity index (χ3n) is 4.62. The molecule has 3 rings (SSSR count). The van der Waals surface area contributed by atoms with Gasteiger partial charge in [-0.2, -0.15) is 0 Å². The number of likely N-dealkylation sites (tertiary alicyclic amines) is 1. The first kappa shape index (κ1) is 20.7. The van der Waals surface area contributed by atoms with Crippen molar-refractivity contribution in [2.45, 2.75) is 19.4 Å². The van der Waals surface area contributed by atoms with E-state index in [-0.39, 0.29) is 12.7 Å². The summed E-state index contributed by atoms with van der Waals surface area (Å²) in [5, 5.41) is 1.81. The largest absolute Gasteiger partial charge is 0.490 e. The van der Waals surface area contributed by atoms with E-state index in [2.05, 4.69) is 15.9 Å². The van der Waals surface area contributed by atoms with Crippen LogP contribution in [0.2, 0.25) is 0 Å². The Labute approximate surface area is 176 Å². The van der Waals surface area contributed by atoms with Crippen LogP contribution in [0.1, 0.15) is 28.1 Å². The van der Waals surface area contributed by atoms with Crippen LogP contribution >= 0.6 is 27.3 Å². The van der Waals surface area contributed by atoms with Crippen molar-refractivity contribution in [1.29, 1.82) is 0 Å². The molecule has 0 spiro atoms. The normalized spacial score (nSPS) is 14.6. The Balaban J connectivity index is 1.44. The van der Waals surface area contributed by atoms with E-state index in [4.69, 9.17) is 14.2 Å². The number of methoxy groups -OCH3 is 1. The zero-order chi connectivity index (χ0) is 19.9. The van der Waals surface area contributed by atoms with Gasteiger partial charge in [0.05, 0.1) is 18.2 Å². The van der Waals surface area contributed by atoms with E-state index in [1.807, 2.05) is 35.7 Å². The van der Waals surface area contributed by atoms with Crippen LogP contribution < -0.4 is 4.74 Å². The summed E-state index contributed by atoms with van der Waals surface area (Å²) in [5.41, 5.74) is 0.974. The Hall–Kier alpha value is -2.06. The zero-order valence-electron chi connectivity index (χ0n) is 15.6. The number of hydrogen-bond acceptors (Lipinski definition) is 6. The molecule has 6 nitrogen and oxygen atoms in total. The Bertz CT molecular complexity index is 802. The van der Waals surface area contributed by atoms with Gasteiger partial charge in [0.25, 0.3) is 0 Å². The third-order valence-corrected chi connectivity index (χ3v) is 6.45. The number of nitrogens with zero attached hydrogens (tertiary/aromatic N) is 1. The minimum atomic E-state index is -0.401. The molecule has 2 aromatic rings. The van der Waals surface area contributed by atoms with E-state index in [0.29, 0.717) is 36.2 Å². The zero-order valence-corrected chi connectivity index (χ0v) is 18.0. The SMILES string of the molecule is COC(=O)c1scc(Br)c1OCC1CCN(C(=O)OCc2ccccc2)CC1. The minimum absolute atomic E-state index is 0.281. The number of halogens is 1. The predicted molar refractivity (Wildman–Crippen MR) is 110 cm³/mol. The predicted octanol–water partition coefficient (Wildman–Crippen LogP) is 4.72. The molecular weight excluding hydrogens is 446 g/mol. The molecule has 28 heavy (non-hydrogen) atoms. The fraction of sp³-hybridized carbons (Fsp3) is 0.400. The number of carbonyl (C=O) groups excluding carboxylic acids is 2. The van der Waals surface area contributed by atoms with Crippen molar-refractivity contribution in [1.82, 2.24) is 4.90 Å². The third kappa shape index (κ3) is 5.26. The highest BCUT2D eigenvalue weighted by molar-refractivity contribution is 9.10. The number of ether oxygens (including phenoxy) is 3. The summed E-state index contributed by atoms with van der Waals surface area (Å²) in [4.78, 5) is 26.2. The highest BCUT2D eigenvalue weighted by Crippen LogP contribution is 2.36. The molecule has 150 valence electrons. The minimum Gasteiger partial charge on any atom is -0.490 e. The molecule has 0 saturated carbocycles. The van der Waals surface area contributed by atoms with Crippen molar-refractivity contribution in [3.8, 4) is 5.75 Å². The lowest BCUT2D eigenvalue weighted by atomic mass is 9.98. The Morgan fingerprint density at radius 3 is 2.61 bits per heavy atom. The maximum absolute atomic E-state index is 12.2. The number of hydrogen-bond donors (Lipinski definition) is 0. The summed E-state index contributed by atoms with van der Waals surface area (Å²) < 4.78 is 16.8. The molecule has 1 fully saturated rings. The van der Waals surface area contributed by atoms with Gasteiger partial charge in [-0.1, -0.05) is 30.3 Å². The van der Waals surface area contributed by atoms with E-state index >= 15 is 0 Å². The van der Waals surface area contributed by atoms with E-state index in [0.717, 1.165) is 22.9 Å². The molecule has 2 heterocycles. The Morgan fingerprint density at radius 1 is 1.21 bits per heavy atom. The van der Waals surface area contributed by atoms with E-state index in [1.165, 1.54) is 18.4 Å². The van der Waals surface area contributed by atoms with Crippen LogP contribution in [0.5, 0.6) is 5.75 Å². The van der Waals surface area contributed by atoms with E-state index < -0.39 is 5.97 Å². The first-order chi connectivity index (χ1) is 13.6. The second-order valence-electron chi connectivity index (χ2n) is 6.52. The molecule has 1 aliphatic heterocycles. The Kier molecular flexibility index (Phi) is 7.33. The number of thiophene rings is 1. The quantitative estimate of drug-likeness (QED) is 0.574. The van der Waals surface area contributed by atoms with Crippen LogP contribution in [0.15, 0.2) is 40.2 Å². The molecule has 8 heteroatoms. The number of piperidine rings is 1. The lowest BCUT2D eigenvalue weighted by molar-refractivity contribution is 0.0596. The van der Waals surface area contributed by atoms with Crippen LogP contribution in [0.3, 0.4) is 0 Å². The molecule has 0 unspecified atom stereocenters. The highest BCUT2D eigenvalue weighted by Gasteiger charge is 2.26. The molecule has 1 aliphatic rings. The smallest absolute Gasteiger partial charge is 0.410 e. The summed E-state index contributed by atoms with van der Waals surface area (Å²) in [5.74, 6) is 0.443. The monoisotopic (exact) mass is 467 g/mol. The van der Waals surface area contributed by atoms with Gasteiger partial charge in [-0.25, -0.2) is 9.59 Å². The first-order valence-electron chi connectivity index (χ1n) is 9.02. The van der Waals surface area contributed by atoms with Crippen molar-refractivity contribution >= 4 is 39.3 Å². The average molecular weight is 468 g/mol. The maximum atomic E-state index is 12.2. The second kappa shape index (κ2) is 9.93. The fourth-order valence-electron chi connectivity index (χ4n) is 2.99. The Morgan fingerprint density at radius 2 is 1.93 bits per heavy atom. The van der Waals surface area contributed by atoms with Crippen molar-refractivity contribution in [3.63, 3.8) is 0 Å². The van der Waals surface area contributed by atoms with Crippen molar-refractivity contribution in [2.24, 2.45) is 5.92 Å². The summed E-state index contributed by atoms with van der Waals surface area (Å²) in [6.45, 7) is 2.05. The molecule has 0 radical (unpaired) electrons. The van der Waals surface area contributed by atoms with Crippen LogP contribution in [-0.2, 0) is 16.1 Å². The van der Waals surface area contributed by atoms with Crippen LogP contribution in [0.25, 0.3) is 0 Å². The summed E-state index contributed by atoms with van der Waals surface area (Å²) in [7, 11) is 1.35. The fourth-order valence-corrected chi connectivity index (χ4v) is 4.50. The molecule has 1 amide bonds. The molecule has 0 N–H and O–H groups in total. The van der Waals surface area contributed by atoms with Gasteiger partial charge in [-0.05, 0) is 40.3 Å².